The van der Waals surface area contributed by atoms with Gasteiger partial charge >= 0.3 is 0 Å². The number of likely N-dealkylation sites (N-methyl/N-ethyl adjacent to an activating group) is 1. The summed E-state index contributed by atoms with van der Waals surface area (Å²) < 4.78 is 0. The maximum absolute atomic E-state index is 12.6. The minimum atomic E-state index is -0.468. The van der Waals surface area contributed by atoms with Gasteiger partial charge in [0, 0.05) is 19.1 Å². The van der Waals surface area contributed by atoms with E-state index in [2.05, 4.69) is 5.32 Å². The quantitative estimate of drug-likeness (QED) is 0.851. The van der Waals surface area contributed by atoms with Gasteiger partial charge in [-0.05, 0) is 25.3 Å². The van der Waals surface area contributed by atoms with Gasteiger partial charge in [-0.3, -0.25) is 9.59 Å². The van der Waals surface area contributed by atoms with E-state index in [1.54, 1.807) is 7.05 Å². The third-order valence-electron chi connectivity index (χ3n) is 4.64. The van der Waals surface area contributed by atoms with Crippen molar-refractivity contribution in [2.75, 3.05) is 13.6 Å². The van der Waals surface area contributed by atoms with Crippen LogP contribution in [0.2, 0.25) is 0 Å². The smallest absolute Gasteiger partial charge is 0.239 e. The minimum Gasteiger partial charge on any atom is -0.350 e. The summed E-state index contributed by atoms with van der Waals surface area (Å²) in [4.78, 5) is 26.1. The van der Waals surface area contributed by atoms with E-state index in [0.29, 0.717) is 6.54 Å². The molecule has 0 spiro atoms. The lowest BCUT2D eigenvalue weighted by molar-refractivity contribution is -0.140. The van der Waals surface area contributed by atoms with Gasteiger partial charge in [-0.1, -0.05) is 43.2 Å². The van der Waals surface area contributed by atoms with Gasteiger partial charge in [-0.25, -0.2) is 0 Å². The third-order valence-corrected chi connectivity index (χ3v) is 4.64. The molecule has 24 heavy (non-hydrogen) atoms. The molecular weight excluding hydrogens is 326 g/mol. The van der Waals surface area contributed by atoms with Crippen LogP contribution in [0.1, 0.15) is 38.2 Å². The number of rotatable bonds is 5. The normalized spacial score (nSPS) is 23.0. The average Bonchev–Trinajstić information content (AvgIpc) is 2.53. The van der Waals surface area contributed by atoms with Gasteiger partial charge in [0.05, 0.1) is 12.5 Å². The molecule has 0 heterocycles. The van der Waals surface area contributed by atoms with E-state index in [-0.39, 0.29) is 36.7 Å². The highest BCUT2D eigenvalue weighted by atomic mass is 35.5. The molecule has 0 saturated heterocycles. The van der Waals surface area contributed by atoms with E-state index >= 15 is 0 Å². The molecule has 134 valence electrons. The van der Waals surface area contributed by atoms with E-state index in [0.717, 1.165) is 31.2 Å². The van der Waals surface area contributed by atoms with Gasteiger partial charge in [-0.2, -0.15) is 0 Å². The number of nitrogens with two attached hydrogens (primary N) is 1. The predicted molar refractivity (Wildman–Crippen MR) is 97.7 cm³/mol. The Hall–Kier alpha value is -1.59. The number of benzene rings is 1. The molecule has 1 aliphatic rings. The monoisotopic (exact) mass is 353 g/mol. The maximum atomic E-state index is 12.6. The Morgan fingerprint density at radius 1 is 1.29 bits per heavy atom. The Kier molecular flexibility index (Phi) is 7.70. The number of amides is 2. The van der Waals surface area contributed by atoms with Gasteiger partial charge in [-0.15, -0.1) is 12.4 Å². The zero-order valence-electron chi connectivity index (χ0n) is 14.5. The Bertz CT molecular complexity index is 548. The highest BCUT2D eigenvalue weighted by molar-refractivity contribution is 5.86. The summed E-state index contributed by atoms with van der Waals surface area (Å²) in [6, 6.07) is 9.71. The number of halogens is 1. The Morgan fingerprint density at radius 2 is 1.96 bits per heavy atom. The van der Waals surface area contributed by atoms with Gasteiger partial charge in [0.2, 0.25) is 11.8 Å². The number of carbonyl (C=O) groups is 2. The van der Waals surface area contributed by atoms with Crippen LogP contribution in [0.15, 0.2) is 30.3 Å². The van der Waals surface area contributed by atoms with Crippen LogP contribution >= 0.6 is 12.4 Å². The Balaban J connectivity index is 0.00000288. The molecule has 1 aliphatic carbocycles. The average molecular weight is 354 g/mol. The first-order chi connectivity index (χ1) is 10.9. The SMILES string of the molecule is CN(CC(=O)NCc1ccccc1)C(=O)C1CCCCC1(C)N.Cl. The van der Waals surface area contributed by atoms with Crippen molar-refractivity contribution in [1.82, 2.24) is 10.2 Å². The summed E-state index contributed by atoms with van der Waals surface area (Å²) >= 11 is 0. The van der Waals surface area contributed by atoms with E-state index in [4.69, 9.17) is 5.73 Å². The van der Waals surface area contributed by atoms with Crippen LogP contribution in [0.4, 0.5) is 0 Å². The number of nitrogens with zero attached hydrogens (tertiary/aromatic N) is 1. The fourth-order valence-electron chi connectivity index (χ4n) is 3.18. The van der Waals surface area contributed by atoms with Crippen molar-refractivity contribution in [2.45, 2.75) is 44.7 Å². The van der Waals surface area contributed by atoms with E-state index in [1.165, 1.54) is 4.90 Å². The van der Waals surface area contributed by atoms with Crippen molar-refractivity contribution in [3.8, 4) is 0 Å². The standard InChI is InChI=1S/C18H27N3O2.ClH/c1-18(19)11-7-6-10-15(18)17(23)21(2)13-16(22)20-12-14-8-4-3-5-9-14;/h3-5,8-9,15H,6-7,10-13,19H2,1-2H3,(H,20,22);1H. The molecule has 0 aliphatic heterocycles. The topological polar surface area (TPSA) is 75.4 Å². The Labute approximate surface area is 150 Å². The lowest BCUT2D eigenvalue weighted by Gasteiger charge is -2.39. The van der Waals surface area contributed by atoms with Gasteiger partial charge in [0.25, 0.3) is 0 Å². The van der Waals surface area contributed by atoms with Crippen LogP contribution < -0.4 is 11.1 Å². The van der Waals surface area contributed by atoms with Crippen molar-refractivity contribution in [3.05, 3.63) is 35.9 Å². The summed E-state index contributed by atoms with van der Waals surface area (Å²) in [6.07, 6.45) is 3.76. The Morgan fingerprint density at radius 3 is 2.58 bits per heavy atom. The van der Waals surface area contributed by atoms with Crippen molar-refractivity contribution >= 4 is 24.2 Å². The lowest BCUT2D eigenvalue weighted by Crippen LogP contribution is -2.54. The molecule has 1 aromatic carbocycles. The zero-order valence-corrected chi connectivity index (χ0v) is 15.3. The first-order valence-corrected chi connectivity index (χ1v) is 8.24. The van der Waals surface area contributed by atoms with Crippen LogP contribution in [0, 0.1) is 5.92 Å². The molecule has 0 aromatic heterocycles. The first kappa shape index (κ1) is 20.5. The molecule has 1 saturated carbocycles. The molecule has 5 nitrogen and oxygen atoms in total. The minimum absolute atomic E-state index is 0. The summed E-state index contributed by atoms with van der Waals surface area (Å²) in [7, 11) is 1.68. The van der Waals surface area contributed by atoms with Gasteiger partial charge in [0.15, 0.2) is 0 Å². The largest absolute Gasteiger partial charge is 0.350 e. The van der Waals surface area contributed by atoms with Crippen LogP contribution in [0.25, 0.3) is 0 Å². The maximum Gasteiger partial charge on any atom is 0.239 e. The van der Waals surface area contributed by atoms with Gasteiger partial charge in [0.1, 0.15) is 0 Å². The van der Waals surface area contributed by atoms with E-state index < -0.39 is 5.54 Å². The predicted octanol–water partition coefficient (Wildman–Crippen LogP) is 2.09. The highest BCUT2D eigenvalue weighted by Crippen LogP contribution is 2.32. The molecule has 2 rings (SSSR count). The van der Waals surface area contributed by atoms with E-state index in [9.17, 15) is 9.59 Å². The molecule has 3 N–H and O–H groups in total. The van der Waals surface area contributed by atoms with Crippen molar-refractivity contribution in [2.24, 2.45) is 11.7 Å². The molecule has 1 aromatic rings. The van der Waals surface area contributed by atoms with Crippen LogP contribution in [-0.4, -0.2) is 35.8 Å². The fraction of sp³-hybridized carbons (Fsp3) is 0.556. The molecule has 0 bridgehead atoms. The summed E-state index contributed by atoms with van der Waals surface area (Å²) in [5, 5.41) is 2.84. The fourth-order valence-corrected chi connectivity index (χ4v) is 3.18. The summed E-state index contributed by atoms with van der Waals surface area (Å²) in [5.41, 5.74) is 6.85. The molecule has 6 heteroatoms. The molecule has 2 unspecified atom stereocenters. The molecular formula is C18H28ClN3O2. The lowest BCUT2D eigenvalue weighted by atomic mass is 9.74. The number of hydrogen-bond donors (Lipinski definition) is 2. The van der Waals surface area contributed by atoms with Crippen LogP contribution in [0.3, 0.4) is 0 Å². The van der Waals surface area contributed by atoms with Crippen molar-refractivity contribution in [1.29, 1.82) is 0 Å². The number of nitrogens with one attached hydrogen (secondary N) is 1. The zero-order chi connectivity index (χ0) is 16.9. The summed E-state index contributed by atoms with van der Waals surface area (Å²) in [6.45, 7) is 2.48. The second-order valence-corrected chi connectivity index (χ2v) is 6.76. The van der Waals surface area contributed by atoms with E-state index in [1.807, 2.05) is 37.3 Å². The highest BCUT2D eigenvalue weighted by Gasteiger charge is 2.39. The van der Waals surface area contributed by atoms with Gasteiger partial charge < -0.3 is 16.0 Å². The molecule has 1 fully saturated rings. The number of carbonyl (C=O) groups excluding carboxylic acids is 2. The molecule has 0 radical (unpaired) electrons. The van der Waals surface area contributed by atoms with Crippen LogP contribution in [-0.2, 0) is 16.1 Å². The van der Waals surface area contributed by atoms with Crippen molar-refractivity contribution < 1.29 is 9.59 Å². The molecule has 2 atom stereocenters. The molecule has 2 amide bonds. The first-order valence-electron chi connectivity index (χ1n) is 8.24. The summed E-state index contributed by atoms with van der Waals surface area (Å²) in [5.74, 6) is -0.369. The van der Waals surface area contributed by atoms with Crippen LogP contribution in [0.5, 0.6) is 0 Å². The second kappa shape index (κ2) is 9.04. The third kappa shape index (κ3) is 5.49. The second-order valence-electron chi connectivity index (χ2n) is 6.76. The number of hydrogen-bond acceptors (Lipinski definition) is 3. The van der Waals surface area contributed by atoms with Crippen molar-refractivity contribution in [3.63, 3.8) is 0 Å².